The molecule has 0 unspecified atom stereocenters. The largest absolute Gasteiger partial charge is 0.298 e. The average Bonchev–Trinajstić information content (AvgIpc) is 2.30. The minimum Gasteiger partial charge on any atom is -0.298 e. The van der Waals surface area contributed by atoms with Gasteiger partial charge in [-0.2, -0.15) is 0 Å². The van der Waals surface area contributed by atoms with E-state index < -0.39 is 0 Å². The van der Waals surface area contributed by atoms with E-state index in [9.17, 15) is 4.79 Å². The van der Waals surface area contributed by atoms with E-state index in [1.807, 2.05) is 6.92 Å². The predicted octanol–water partition coefficient (Wildman–Crippen LogP) is 4.29. The highest BCUT2D eigenvalue weighted by molar-refractivity contribution is 5.72. The van der Waals surface area contributed by atoms with Crippen molar-refractivity contribution < 1.29 is 4.79 Å². The van der Waals surface area contributed by atoms with Crippen LogP contribution in [0.2, 0.25) is 0 Å². The third-order valence-corrected chi connectivity index (χ3v) is 3.71. The summed E-state index contributed by atoms with van der Waals surface area (Å²) in [6.45, 7) is 8.69. The third kappa shape index (κ3) is 3.33. The van der Waals surface area contributed by atoms with Crippen LogP contribution in [0.5, 0.6) is 0 Å². The summed E-state index contributed by atoms with van der Waals surface area (Å²) in [7, 11) is 0. The normalized spacial score (nSPS) is 30.1. The predicted molar refractivity (Wildman–Crippen MR) is 69.3 cm³/mol. The van der Waals surface area contributed by atoms with Crippen molar-refractivity contribution in [1.29, 1.82) is 0 Å². The van der Waals surface area contributed by atoms with Gasteiger partial charge in [-0.15, -0.1) is 0 Å². The first-order chi connectivity index (χ1) is 7.58. The molecular weight excluding hydrogens is 196 g/mol. The van der Waals surface area contributed by atoms with Gasteiger partial charge in [-0.3, -0.25) is 4.79 Å². The Morgan fingerprint density at radius 1 is 1.38 bits per heavy atom. The lowest BCUT2D eigenvalue weighted by Crippen LogP contribution is -2.16. The molecule has 0 saturated heterocycles. The lowest BCUT2D eigenvalue weighted by atomic mass is 9.76. The van der Waals surface area contributed by atoms with Crippen LogP contribution in [0.1, 0.15) is 53.4 Å². The number of hydrogen-bond donors (Lipinski definition) is 0. The molecule has 0 aromatic carbocycles. The van der Waals surface area contributed by atoms with E-state index in [1.54, 1.807) is 5.57 Å². The van der Waals surface area contributed by atoms with Gasteiger partial charge in [0.05, 0.1) is 0 Å². The first-order valence-corrected chi connectivity index (χ1v) is 6.40. The standard InChI is InChI=1S/C15H24O/c1-5-13(4)15-9-11(2)6-7-14(15)8-12(3)10-16/h8,10-11,14H,5-7,9H2,1-4H3/b12-8+,15-13+/t11-,14+/m1/s1. The summed E-state index contributed by atoms with van der Waals surface area (Å²) in [5.41, 5.74) is 3.98. The van der Waals surface area contributed by atoms with Crippen LogP contribution in [-0.2, 0) is 4.79 Å². The van der Waals surface area contributed by atoms with Gasteiger partial charge in [0.25, 0.3) is 0 Å². The summed E-state index contributed by atoms with van der Waals surface area (Å²) < 4.78 is 0. The Morgan fingerprint density at radius 2 is 2.06 bits per heavy atom. The van der Waals surface area contributed by atoms with E-state index in [4.69, 9.17) is 0 Å². The molecule has 0 bridgehead atoms. The van der Waals surface area contributed by atoms with Crippen molar-refractivity contribution >= 4 is 6.29 Å². The van der Waals surface area contributed by atoms with Gasteiger partial charge in [-0.05, 0) is 56.9 Å². The van der Waals surface area contributed by atoms with Crippen molar-refractivity contribution in [3.05, 3.63) is 22.8 Å². The van der Waals surface area contributed by atoms with Crippen LogP contribution >= 0.6 is 0 Å². The van der Waals surface area contributed by atoms with Crippen molar-refractivity contribution in [2.24, 2.45) is 11.8 Å². The van der Waals surface area contributed by atoms with E-state index in [0.29, 0.717) is 5.92 Å². The minimum atomic E-state index is 0.515. The fourth-order valence-corrected chi connectivity index (χ4v) is 2.53. The zero-order valence-corrected chi connectivity index (χ0v) is 11.0. The molecule has 0 spiro atoms. The van der Waals surface area contributed by atoms with Crippen molar-refractivity contribution in [2.45, 2.75) is 53.4 Å². The molecule has 0 amide bonds. The van der Waals surface area contributed by atoms with Gasteiger partial charge in [0.1, 0.15) is 6.29 Å². The maximum absolute atomic E-state index is 10.7. The highest BCUT2D eigenvalue weighted by Crippen LogP contribution is 2.36. The van der Waals surface area contributed by atoms with Crippen molar-refractivity contribution in [2.75, 3.05) is 0 Å². The fraction of sp³-hybridized carbons (Fsp3) is 0.667. The van der Waals surface area contributed by atoms with Crippen molar-refractivity contribution in [3.8, 4) is 0 Å². The van der Waals surface area contributed by atoms with Gasteiger partial charge in [0, 0.05) is 0 Å². The molecular formula is C15H24O. The number of rotatable bonds is 3. The summed E-state index contributed by atoms with van der Waals surface area (Å²) in [5.74, 6) is 1.32. The van der Waals surface area contributed by atoms with Crippen LogP contribution < -0.4 is 0 Å². The monoisotopic (exact) mass is 220 g/mol. The van der Waals surface area contributed by atoms with E-state index >= 15 is 0 Å². The molecule has 90 valence electrons. The van der Waals surface area contributed by atoms with Gasteiger partial charge in [-0.1, -0.05) is 31.1 Å². The number of carbonyl (C=O) groups is 1. The van der Waals surface area contributed by atoms with E-state index in [0.717, 1.165) is 24.2 Å². The molecule has 0 radical (unpaired) electrons. The number of allylic oxidation sites excluding steroid dienone is 4. The molecule has 0 N–H and O–H groups in total. The maximum Gasteiger partial charge on any atom is 0.145 e. The van der Waals surface area contributed by atoms with Crippen molar-refractivity contribution in [1.82, 2.24) is 0 Å². The Kier molecular flexibility index (Phi) is 4.98. The fourth-order valence-electron chi connectivity index (χ4n) is 2.53. The lowest BCUT2D eigenvalue weighted by Gasteiger charge is -2.29. The van der Waals surface area contributed by atoms with Gasteiger partial charge in [-0.25, -0.2) is 0 Å². The third-order valence-electron chi connectivity index (χ3n) is 3.71. The highest BCUT2D eigenvalue weighted by atomic mass is 16.1. The second kappa shape index (κ2) is 6.03. The molecule has 1 rings (SSSR count). The first kappa shape index (κ1) is 13.2. The van der Waals surface area contributed by atoms with Crippen LogP contribution in [0, 0.1) is 11.8 Å². The molecule has 1 nitrogen and oxygen atoms in total. The average molecular weight is 220 g/mol. The summed E-state index contributed by atoms with van der Waals surface area (Å²) >= 11 is 0. The van der Waals surface area contributed by atoms with Crippen LogP contribution in [0.3, 0.4) is 0 Å². The van der Waals surface area contributed by atoms with E-state index in [-0.39, 0.29) is 0 Å². The topological polar surface area (TPSA) is 17.1 Å². The highest BCUT2D eigenvalue weighted by Gasteiger charge is 2.22. The van der Waals surface area contributed by atoms with E-state index in [1.165, 1.54) is 24.8 Å². The van der Waals surface area contributed by atoms with Crippen LogP contribution in [0.15, 0.2) is 22.8 Å². The van der Waals surface area contributed by atoms with Crippen LogP contribution in [-0.4, -0.2) is 6.29 Å². The van der Waals surface area contributed by atoms with Gasteiger partial charge < -0.3 is 0 Å². The quantitative estimate of drug-likeness (QED) is 0.394. The zero-order valence-electron chi connectivity index (χ0n) is 11.0. The number of carbonyl (C=O) groups excluding carboxylic acids is 1. The number of hydrogen-bond acceptors (Lipinski definition) is 1. The molecule has 1 heteroatoms. The summed E-state index contributed by atoms with van der Waals surface area (Å²) in [5, 5.41) is 0. The van der Waals surface area contributed by atoms with Crippen LogP contribution in [0.4, 0.5) is 0 Å². The van der Waals surface area contributed by atoms with E-state index in [2.05, 4.69) is 26.8 Å². The summed E-state index contributed by atoms with van der Waals surface area (Å²) in [6.07, 6.45) is 7.97. The Hall–Kier alpha value is -0.850. The molecule has 16 heavy (non-hydrogen) atoms. The Morgan fingerprint density at radius 3 is 2.62 bits per heavy atom. The molecule has 0 heterocycles. The second-order valence-corrected chi connectivity index (χ2v) is 5.18. The maximum atomic E-state index is 10.7. The lowest BCUT2D eigenvalue weighted by molar-refractivity contribution is -0.104. The summed E-state index contributed by atoms with van der Waals surface area (Å²) in [4.78, 5) is 10.7. The summed E-state index contributed by atoms with van der Waals surface area (Å²) in [6, 6.07) is 0. The minimum absolute atomic E-state index is 0.515. The molecule has 1 aliphatic rings. The van der Waals surface area contributed by atoms with Gasteiger partial charge in [0.2, 0.25) is 0 Å². The Balaban J connectivity index is 2.93. The Labute approximate surface area is 99.6 Å². The zero-order chi connectivity index (χ0) is 12.1. The van der Waals surface area contributed by atoms with Gasteiger partial charge in [0.15, 0.2) is 0 Å². The molecule has 0 aromatic rings. The van der Waals surface area contributed by atoms with Crippen molar-refractivity contribution in [3.63, 3.8) is 0 Å². The second-order valence-electron chi connectivity index (χ2n) is 5.18. The SMILES string of the molecule is CC/C(C)=C1\C[C@H](C)CC[C@H]1/C=C(\C)C=O. The smallest absolute Gasteiger partial charge is 0.145 e. The molecule has 0 aliphatic heterocycles. The molecule has 1 fully saturated rings. The first-order valence-electron chi connectivity index (χ1n) is 6.40. The Bertz CT molecular complexity index is 309. The molecule has 2 atom stereocenters. The molecule has 1 aliphatic carbocycles. The van der Waals surface area contributed by atoms with Gasteiger partial charge >= 0.3 is 0 Å². The number of aldehydes is 1. The molecule has 1 saturated carbocycles. The van der Waals surface area contributed by atoms with Crippen LogP contribution in [0.25, 0.3) is 0 Å². The molecule has 0 aromatic heterocycles.